The molecule has 0 saturated heterocycles. The summed E-state index contributed by atoms with van der Waals surface area (Å²) < 4.78 is 2.51. The second-order valence-electron chi connectivity index (χ2n) is 20.3. The van der Waals surface area contributed by atoms with Crippen molar-refractivity contribution in [3.05, 3.63) is 320 Å². The van der Waals surface area contributed by atoms with E-state index in [2.05, 4.69) is 302 Å². The number of nitrogens with zero attached hydrogens (tertiary/aromatic N) is 1. The van der Waals surface area contributed by atoms with Gasteiger partial charge in [-0.15, -0.1) is 0 Å². The standard InChI is InChI=1S/C75H49N/c1-5-17-50(18-6-1)52-29-33-54(34-30-52)56-38-43-73-69(45-56)70-46-57(55-35-31-53(32-36-55)51-19-7-2-8-20-51)39-44-74(70)76(73)62-40-42-67-66-41-37-59(68-47-58-21-13-14-26-63(58)64-27-15-16-28-65(64)68)48-71(66)75(72(67)49-62,60-22-9-3-10-23-60)61-24-11-4-12-25-61/h1-49H. The molecule has 0 atom stereocenters. The van der Waals surface area contributed by atoms with E-state index in [-0.39, 0.29) is 0 Å². The van der Waals surface area contributed by atoms with Crippen molar-refractivity contribution in [1.29, 1.82) is 0 Å². The van der Waals surface area contributed by atoms with Crippen molar-refractivity contribution in [1.82, 2.24) is 4.57 Å². The molecule has 0 fully saturated rings. The molecular formula is C75H49N. The summed E-state index contributed by atoms with van der Waals surface area (Å²) in [5, 5.41) is 7.49. The Balaban J connectivity index is 0.941. The van der Waals surface area contributed by atoms with Gasteiger partial charge in [-0.1, -0.05) is 249 Å². The van der Waals surface area contributed by atoms with Crippen molar-refractivity contribution in [2.45, 2.75) is 5.41 Å². The first-order chi connectivity index (χ1) is 37.7. The lowest BCUT2D eigenvalue weighted by atomic mass is 9.67. The Labute approximate surface area is 442 Å². The van der Waals surface area contributed by atoms with E-state index in [1.54, 1.807) is 0 Å². The first kappa shape index (κ1) is 43.7. The number of hydrogen-bond donors (Lipinski definition) is 0. The minimum atomic E-state index is -0.622. The van der Waals surface area contributed by atoms with Gasteiger partial charge in [0.15, 0.2) is 0 Å². The third kappa shape index (κ3) is 6.94. The number of fused-ring (bicyclic) bond motifs is 9. The fourth-order valence-corrected chi connectivity index (χ4v) is 12.7. The zero-order valence-corrected chi connectivity index (χ0v) is 41.7. The molecule has 1 aliphatic carbocycles. The van der Waals surface area contributed by atoms with Crippen LogP contribution in [-0.4, -0.2) is 4.57 Å². The van der Waals surface area contributed by atoms with Gasteiger partial charge in [-0.25, -0.2) is 0 Å². The Morgan fingerprint density at radius 1 is 0.224 bits per heavy atom. The highest BCUT2D eigenvalue weighted by Gasteiger charge is 2.46. The number of rotatable bonds is 8. The summed E-state index contributed by atoms with van der Waals surface area (Å²) in [6.45, 7) is 0. The van der Waals surface area contributed by atoms with E-state index in [4.69, 9.17) is 0 Å². The Kier molecular flexibility index (Phi) is 10.2. The molecule has 1 heteroatoms. The van der Waals surface area contributed by atoms with Gasteiger partial charge in [-0.2, -0.15) is 0 Å². The quantitative estimate of drug-likeness (QED) is 0.134. The van der Waals surface area contributed by atoms with E-state index in [1.165, 1.54) is 132 Å². The molecule has 0 aliphatic heterocycles. The summed E-state index contributed by atoms with van der Waals surface area (Å²) in [5.74, 6) is 0. The van der Waals surface area contributed by atoms with Crippen molar-refractivity contribution in [3.63, 3.8) is 0 Å². The lowest BCUT2D eigenvalue weighted by Crippen LogP contribution is -2.28. The Bertz CT molecular complexity index is 4330. The molecule has 0 N–H and O–H groups in total. The van der Waals surface area contributed by atoms with Crippen LogP contribution in [0.5, 0.6) is 0 Å². The summed E-state index contributed by atoms with van der Waals surface area (Å²) in [6, 6.07) is 110. The molecule has 1 nitrogen and oxygen atoms in total. The third-order valence-electron chi connectivity index (χ3n) is 16.3. The first-order valence-corrected chi connectivity index (χ1v) is 26.4. The molecule has 14 aromatic rings. The van der Waals surface area contributed by atoms with Crippen molar-refractivity contribution < 1.29 is 0 Å². The van der Waals surface area contributed by atoms with E-state index in [0.717, 1.165) is 5.69 Å². The number of hydrogen-bond acceptors (Lipinski definition) is 0. The van der Waals surface area contributed by atoms with Crippen LogP contribution in [0.25, 0.3) is 116 Å². The zero-order valence-electron chi connectivity index (χ0n) is 41.7. The predicted molar refractivity (Wildman–Crippen MR) is 320 cm³/mol. The average Bonchev–Trinajstić information content (AvgIpc) is 4.04. The van der Waals surface area contributed by atoms with E-state index in [1.807, 2.05) is 0 Å². The maximum atomic E-state index is 2.51. The maximum absolute atomic E-state index is 2.51. The topological polar surface area (TPSA) is 4.93 Å². The lowest BCUT2D eigenvalue weighted by molar-refractivity contribution is 0.768. The smallest absolute Gasteiger partial charge is 0.0714 e. The highest BCUT2D eigenvalue weighted by Crippen LogP contribution is 2.58. The fourth-order valence-electron chi connectivity index (χ4n) is 12.7. The van der Waals surface area contributed by atoms with E-state index < -0.39 is 5.41 Å². The van der Waals surface area contributed by atoms with Crippen molar-refractivity contribution in [3.8, 4) is 72.4 Å². The van der Waals surface area contributed by atoms with Crippen molar-refractivity contribution in [2.24, 2.45) is 0 Å². The Morgan fingerprint density at radius 3 is 1.16 bits per heavy atom. The van der Waals surface area contributed by atoms with Crippen LogP contribution >= 0.6 is 0 Å². The van der Waals surface area contributed by atoms with E-state index in [9.17, 15) is 0 Å². The molecule has 0 amide bonds. The molecule has 76 heavy (non-hydrogen) atoms. The Morgan fingerprint density at radius 2 is 0.618 bits per heavy atom. The van der Waals surface area contributed by atoms with Crippen molar-refractivity contribution >= 4 is 43.4 Å². The molecule has 13 aromatic carbocycles. The van der Waals surface area contributed by atoms with Gasteiger partial charge in [0.1, 0.15) is 0 Å². The number of benzene rings is 13. The molecule has 0 spiro atoms. The van der Waals surface area contributed by atoms with Gasteiger partial charge >= 0.3 is 0 Å². The van der Waals surface area contributed by atoms with Crippen LogP contribution in [0.2, 0.25) is 0 Å². The van der Waals surface area contributed by atoms with E-state index >= 15 is 0 Å². The predicted octanol–water partition coefficient (Wildman–Crippen LogP) is 19.8. The average molecular weight is 964 g/mol. The summed E-state index contributed by atoms with van der Waals surface area (Å²) in [6.07, 6.45) is 0. The monoisotopic (exact) mass is 963 g/mol. The van der Waals surface area contributed by atoms with Crippen LogP contribution in [0.15, 0.2) is 297 Å². The third-order valence-corrected chi connectivity index (χ3v) is 16.3. The normalized spacial score (nSPS) is 12.6. The molecule has 1 aliphatic rings. The molecule has 0 saturated carbocycles. The molecule has 15 rings (SSSR count). The fraction of sp³-hybridized carbons (Fsp3) is 0.0133. The second kappa shape index (κ2) is 17.7. The van der Waals surface area contributed by atoms with Gasteiger partial charge in [-0.3, -0.25) is 0 Å². The molecule has 0 unspecified atom stereocenters. The van der Waals surface area contributed by atoms with Crippen molar-refractivity contribution in [2.75, 3.05) is 0 Å². The summed E-state index contributed by atoms with van der Waals surface area (Å²) in [5.41, 5.74) is 22.5. The van der Waals surface area contributed by atoms with Crippen LogP contribution < -0.4 is 0 Å². The van der Waals surface area contributed by atoms with Crippen LogP contribution in [0.1, 0.15) is 22.3 Å². The van der Waals surface area contributed by atoms with Crippen LogP contribution in [0, 0.1) is 0 Å². The largest absolute Gasteiger partial charge is 0.309 e. The molecule has 354 valence electrons. The minimum absolute atomic E-state index is 0.622. The lowest BCUT2D eigenvalue weighted by Gasteiger charge is -2.34. The summed E-state index contributed by atoms with van der Waals surface area (Å²) in [4.78, 5) is 0. The molecular weight excluding hydrogens is 915 g/mol. The first-order valence-electron chi connectivity index (χ1n) is 26.4. The highest BCUT2D eigenvalue weighted by atomic mass is 15.0. The van der Waals surface area contributed by atoms with Gasteiger partial charge in [-0.05, 0) is 159 Å². The van der Waals surface area contributed by atoms with Crippen LogP contribution in [-0.2, 0) is 5.41 Å². The van der Waals surface area contributed by atoms with E-state index in [0.29, 0.717) is 0 Å². The summed E-state index contributed by atoms with van der Waals surface area (Å²) in [7, 11) is 0. The Hall–Kier alpha value is -9.82. The summed E-state index contributed by atoms with van der Waals surface area (Å²) >= 11 is 0. The van der Waals surface area contributed by atoms with Crippen LogP contribution in [0.3, 0.4) is 0 Å². The van der Waals surface area contributed by atoms with Gasteiger partial charge in [0, 0.05) is 16.5 Å². The van der Waals surface area contributed by atoms with Gasteiger partial charge < -0.3 is 4.57 Å². The number of aromatic nitrogens is 1. The molecule has 1 heterocycles. The SMILES string of the molecule is c1ccc(-c2ccc(-c3ccc4c(c3)c3cc(-c5ccc(-c6ccccc6)cc5)ccc3n4-c3ccc4c(c3)C(c3ccccc3)(c3ccccc3)c3cc(-c5cc6ccccc6c6ccccc56)ccc3-4)cc2)cc1. The van der Waals surface area contributed by atoms with Gasteiger partial charge in [0.2, 0.25) is 0 Å². The molecule has 0 bridgehead atoms. The molecule has 1 aromatic heterocycles. The highest BCUT2D eigenvalue weighted by molar-refractivity contribution is 6.14. The minimum Gasteiger partial charge on any atom is -0.309 e. The molecule has 0 radical (unpaired) electrons. The van der Waals surface area contributed by atoms with Crippen LogP contribution in [0.4, 0.5) is 0 Å². The second-order valence-corrected chi connectivity index (χ2v) is 20.3. The van der Waals surface area contributed by atoms with Gasteiger partial charge in [0.05, 0.1) is 16.4 Å². The zero-order chi connectivity index (χ0) is 50.2. The van der Waals surface area contributed by atoms with Gasteiger partial charge in [0.25, 0.3) is 0 Å². The maximum Gasteiger partial charge on any atom is 0.0714 e.